The Morgan fingerprint density at radius 2 is 2.46 bits per heavy atom. The Morgan fingerprint density at radius 3 is 2.92 bits per heavy atom. The molecule has 1 aliphatic carbocycles. The summed E-state index contributed by atoms with van der Waals surface area (Å²) in [6.07, 6.45) is 5.67. The fourth-order valence-corrected chi connectivity index (χ4v) is 1.55. The average Bonchev–Trinajstić information content (AvgIpc) is 2.32. The Kier molecular flexibility index (Phi) is 2.22. The van der Waals surface area contributed by atoms with Crippen LogP contribution in [0.5, 0.6) is 0 Å². The van der Waals surface area contributed by atoms with Crippen molar-refractivity contribution in [1.82, 2.24) is 15.1 Å². The molecule has 0 unspecified atom stereocenters. The number of rotatable bonds is 3. The summed E-state index contributed by atoms with van der Waals surface area (Å²) in [5.74, 6) is 0. The number of nitrogen functional groups attached to an aromatic ring is 1. The van der Waals surface area contributed by atoms with Crippen molar-refractivity contribution in [3.8, 4) is 0 Å². The number of aryl methyl sites for hydroxylation is 1. The molecule has 0 spiro atoms. The number of nitrogens with two attached hydrogens (primary N) is 1. The van der Waals surface area contributed by atoms with Crippen LogP contribution in [0, 0.1) is 0 Å². The van der Waals surface area contributed by atoms with E-state index >= 15 is 0 Å². The lowest BCUT2D eigenvalue weighted by Gasteiger charge is -2.26. The van der Waals surface area contributed by atoms with Gasteiger partial charge in [0.1, 0.15) is 0 Å². The minimum Gasteiger partial charge on any atom is -0.396 e. The van der Waals surface area contributed by atoms with Gasteiger partial charge in [-0.3, -0.25) is 4.68 Å². The summed E-state index contributed by atoms with van der Waals surface area (Å²) < 4.78 is 1.83. The molecule has 1 aromatic rings. The summed E-state index contributed by atoms with van der Waals surface area (Å²) in [4.78, 5) is 0. The van der Waals surface area contributed by atoms with E-state index in [1.165, 1.54) is 19.3 Å². The maximum Gasteiger partial charge on any atom is 0.0748 e. The van der Waals surface area contributed by atoms with Crippen LogP contribution < -0.4 is 11.1 Å². The smallest absolute Gasteiger partial charge is 0.0748 e. The summed E-state index contributed by atoms with van der Waals surface area (Å²) in [5.41, 5.74) is 7.64. The molecule has 0 saturated heterocycles. The molecule has 0 aliphatic heterocycles. The van der Waals surface area contributed by atoms with E-state index in [0.29, 0.717) is 6.04 Å². The summed E-state index contributed by atoms with van der Waals surface area (Å²) >= 11 is 0. The number of hydrogen-bond acceptors (Lipinski definition) is 3. The van der Waals surface area contributed by atoms with Crippen LogP contribution in [0.25, 0.3) is 0 Å². The third kappa shape index (κ3) is 1.67. The van der Waals surface area contributed by atoms with Crippen LogP contribution in [0.3, 0.4) is 0 Å². The van der Waals surface area contributed by atoms with Crippen molar-refractivity contribution >= 4 is 5.69 Å². The molecule has 72 valence electrons. The van der Waals surface area contributed by atoms with E-state index < -0.39 is 0 Å². The lowest BCUT2D eigenvalue weighted by Crippen LogP contribution is -2.35. The lowest BCUT2D eigenvalue weighted by molar-refractivity contribution is 0.335. The molecule has 0 atom stereocenters. The molecule has 0 radical (unpaired) electrons. The van der Waals surface area contributed by atoms with Gasteiger partial charge in [-0.05, 0) is 12.8 Å². The van der Waals surface area contributed by atoms with E-state index in [0.717, 1.165) is 17.9 Å². The van der Waals surface area contributed by atoms with E-state index in [1.54, 1.807) is 6.20 Å². The fourth-order valence-electron chi connectivity index (χ4n) is 1.55. The van der Waals surface area contributed by atoms with Crippen LogP contribution in [-0.2, 0) is 13.6 Å². The van der Waals surface area contributed by atoms with Gasteiger partial charge in [0.15, 0.2) is 0 Å². The topological polar surface area (TPSA) is 55.9 Å². The highest BCUT2D eigenvalue weighted by molar-refractivity contribution is 5.40. The molecule has 2 rings (SSSR count). The van der Waals surface area contributed by atoms with Gasteiger partial charge < -0.3 is 11.1 Å². The van der Waals surface area contributed by atoms with E-state index in [4.69, 9.17) is 5.73 Å². The second kappa shape index (κ2) is 3.38. The molecule has 4 heteroatoms. The number of hydrogen-bond donors (Lipinski definition) is 2. The van der Waals surface area contributed by atoms with Crippen LogP contribution in [-0.4, -0.2) is 15.8 Å². The van der Waals surface area contributed by atoms with Gasteiger partial charge in [-0.2, -0.15) is 5.10 Å². The predicted molar refractivity (Wildman–Crippen MR) is 52.1 cm³/mol. The second-order valence-corrected chi connectivity index (χ2v) is 3.68. The van der Waals surface area contributed by atoms with Crippen LogP contribution in [0.1, 0.15) is 25.0 Å². The highest BCUT2D eigenvalue weighted by Crippen LogP contribution is 2.19. The zero-order valence-electron chi connectivity index (χ0n) is 7.95. The standard InChI is InChI=1S/C9H16N4/c1-13-9(8(10)5-12-13)6-11-7-3-2-4-7/h5,7,11H,2-4,6,10H2,1H3. The van der Waals surface area contributed by atoms with Crippen LogP contribution in [0.4, 0.5) is 5.69 Å². The average molecular weight is 180 g/mol. The largest absolute Gasteiger partial charge is 0.396 e. The van der Waals surface area contributed by atoms with Crippen LogP contribution in [0.15, 0.2) is 6.20 Å². The highest BCUT2D eigenvalue weighted by atomic mass is 15.3. The molecule has 0 aromatic carbocycles. The van der Waals surface area contributed by atoms with Crippen molar-refractivity contribution in [3.63, 3.8) is 0 Å². The van der Waals surface area contributed by atoms with E-state index in [2.05, 4.69) is 10.4 Å². The van der Waals surface area contributed by atoms with Crippen molar-refractivity contribution < 1.29 is 0 Å². The van der Waals surface area contributed by atoms with Crippen LogP contribution >= 0.6 is 0 Å². The van der Waals surface area contributed by atoms with Crippen molar-refractivity contribution in [2.75, 3.05) is 5.73 Å². The molecule has 1 heterocycles. The van der Waals surface area contributed by atoms with Crippen molar-refractivity contribution in [3.05, 3.63) is 11.9 Å². The Hall–Kier alpha value is -1.03. The molecule has 1 aromatic heterocycles. The molecule has 3 N–H and O–H groups in total. The highest BCUT2D eigenvalue weighted by Gasteiger charge is 2.17. The molecule has 0 bridgehead atoms. The normalized spacial score (nSPS) is 17.3. The summed E-state index contributed by atoms with van der Waals surface area (Å²) in [7, 11) is 1.92. The first-order valence-electron chi connectivity index (χ1n) is 4.77. The zero-order valence-corrected chi connectivity index (χ0v) is 7.95. The number of nitrogens with one attached hydrogen (secondary N) is 1. The Morgan fingerprint density at radius 1 is 1.69 bits per heavy atom. The molecule has 0 amide bonds. The number of nitrogens with zero attached hydrogens (tertiary/aromatic N) is 2. The van der Waals surface area contributed by atoms with Crippen molar-refractivity contribution in [1.29, 1.82) is 0 Å². The van der Waals surface area contributed by atoms with Crippen molar-refractivity contribution in [2.24, 2.45) is 7.05 Å². The number of aromatic nitrogens is 2. The zero-order chi connectivity index (χ0) is 9.26. The Balaban J connectivity index is 1.92. The molecule has 13 heavy (non-hydrogen) atoms. The van der Waals surface area contributed by atoms with Gasteiger partial charge in [0.2, 0.25) is 0 Å². The van der Waals surface area contributed by atoms with E-state index in [-0.39, 0.29) is 0 Å². The van der Waals surface area contributed by atoms with Crippen molar-refractivity contribution in [2.45, 2.75) is 31.8 Å². The maximum atomic E-state index is 5.76. The lowest BCUT2D eigenvalue weighted by atomic mass is 9.93. The molecule has 4 nitrogen and oxygen atoms in total. The molecular formula is C9H16N4. The predicted octanol–water partition coefficient (Wildman–Crippen LogP) is 0.644. The minimum atomic E-state index is 0.703. The van der Waals surface area contributed by atoms with E-state index in [9.17, 15) is 0 Å². The Bertz CT molecular complexity index is 268. The molecule has 1 saturated carbocycles. The summed E-state index contributed by atoms with van der Waals surface area (Å²) in [6, 6.07) is 0.703. The molecule has 1 fully saturated rings. The van der Waals surface area contributed by atoms with E-state index in [1.807, 2.05) is 11.7 Å². The third-order valence-electron chi connectivity index (χ3n) is 2.76. The van der Waals surface area contributed by atoms with Gasteiger partial charge in [-0.25, -0.2) is 0 Å². The first kappa shape index (κ1) is 8.56. The van der Waals surface area contributed by atoms with Gasteiger partial charge in [0.25, 0.3) is 0 Å². The first-order chi connectivity index (χ1) is 6.27. The van der Waals surface area contributed by atoms with Crippen LogP contribution in [0.2, 0.25) is 0 Å². The Labute approximate surface area is 78.1 Å². The quantitative estimate of drug-likeness (QED) is 0.718. The molecular weight excluding hydrogens is 164 g/mol. The number of anilines is 1. The monoisotopic (exact) mass is 180 g/mol. The van der Waals surface area contributed by atoms with Gasteiger partial charge >= 0.3 is 0 Å². The van der Waals surface area contributed by atoms with Gasteiger partial charge in [-0.1, -0.05) is 6.42 Å². The summed E-state index contributed by atoms with van der Waals surface area (Å²) in [5, 5.41) is 7.55. The fraction of sp³-hybridized carbons (Fsp3) is 0.667. The third-order valence-corrected chi connectivity index (χ3v) is 2.76. The minimum absolute atomic E-state index is 0.703. The molecule has 1 aliphatic rings. The van der Waals surface area contributed by atoms with Gasteiger partial charge in [0, 0.05) is 19.6 Å². The maximum absolute atomic E-state index is 5.76. The second-order valence-electron chi connectivity index (χ2n) is 3.68. The first-order valence-corrected chi connectivity index (χ1v) is 4.77. The van der Waals surface area contributed by atoms with Gasteiger partial charge in [-0.15, -0.1) is 0 Å². The SMILES string of the molecule is Cn1ncc(N)c1CNC1CCC1. The summed E-state index contributed by atoms with van der Waals surface area (Å²) in [6.45, 7) is 0.840. The van der Waals surface area contributed by atoms with Gasteiger partial charge in [0.05, 0.1) is 17.6 Å².